The molecule has 90 valence electrons. The van der Waals surface area contributed by atoms with Crippen LogP contribution in [0.2, 0.25) is 0 Å². The average molecular weight is 221 g/mol. The van der Waals surface area contributed by atoms with Gasteiger partial charge in [0.15, 0.2) is 0 Å². The van der Waals surface area contributed by atoms with Crippen molar-refractivity contribution < 1.29 is 4.74 Å². The van der Waals surface area contributed by atoms with E-state index in [1.54, 1.807) is 7.11 Å². The van der Waals surface area contributed by atoms with Gasteiger partial charge in [0, 0.05) is 11.1 Å². The van der Waals surface area contributed by atoms with E-state index >= 15 is 0 Å². The van der Waals surface area contributed by atoms with Crippen LogP contribution in [0.4, 0.5) is 0 Å². The summed E-state index contributed by atoms with van der Waals surface area (Å²) in [6.45, 7) is 10.9. The molecule has 1 N–H and O–H groups in total. The van der Waals surface area contributed by atoms with Crippen molar-refractivity contribution in [3.63, 3.8) is 0 Å². The lowest BCUT2D eigenvalue weighted by Gasteiger charge is -2.35. The first kappa shape index (κ1) is 13.0. The number of methoxy groups -OCH3 is 1. The van der Waals surface area contributed by atoms with E-state index in [0.29, 0.717) is 0 Å². The minimum absolute atomic E-state index is 0.0372. The minimum Gasteiger partial charge on any atom is -0.497 e. The molecule has 0 saturated carbocycles. The van der Waals surface area contributed by atoms with Crippen molar-refractivity contribution in [2.24, 2.45) is 0 Å². The summed E-state index contributed by atoms with van der Waals surface area (Å²) in [6, 6.07) is 8.22. The molecule has 0 amide bonds. The summed E-state index contributed by atoms with van der Waals surface area (Å²) >= 11 is 0. The summed E-state index contributed by atoms with van der Waals surface area (Å²) in [7, 11) is 1.69. The average Bonchev–Trinajstić information content (AvgIpc) is 2.14. The maximum Gasteiger partial charge on any atom is 0.118 e. The second-order valence-electron chi connectivity index (χ2n) is 5.73. The molecule has 0 aliphatic heterocycles. The molecule has 1 rings (SSSR count). The van der Waals surface area contributed by atoms with Crippen molar-refractivity contribution >= 4 is 0 Å². The van der Waals surface area contributed by atoms with Crippen LogP contribution in [0.5, 0.6) is 5.75 Å². The number of rotatable bonds is 3. The SMILES string of the molecule is COc1ccc(C(C)(C)NC(C)(C)C)cc1. The number of ether oxygens (including phenoxy) is 1. The van der Waals surface area contributed by atoms with Crippen LogP contribution < -0.4 is 10.1 Å². The smallest absolute Gasteiger partial charge is 0.118 e. The Morgan fingerprint density at radius 2 is 1.44 bits per heavy atom. The third kappa shape index (κ3) is 3.53. The van der Waals surface area contributed by atoms with Gasteiger partial charge in [-0.2, -0.15) is 0 Å². The van der Waals surface area contributed by atoms with Crippen LogP contribution in [-0.4, -0.2) is 12.6 Å². The molecule has 1 aromatic rings. The molecule has 2 heteroatoms. The molecule has 0 radical (unpaired) electrons. The van der Waals surface area contributed by atoms with Crippen LogP contribution in [0.1, 0.15) is 40.2 Å². The zero-order chi connectivity index (χ0) is 12.4. The van der Waals surface area contributed by atoms with Crippen molar-refractivity contribution in [1.29, 1.82) is 0 Å². The van der Waals surface area contributed by atoms with Crippen LogP contribution in [-0.2, 0) is 5.54 Å². The van der Waals surface area contributed by atoms with Crippen LogP contribution in [0.15, 0.2) is 24.3 Å². The lowest BCUT2D eigenvalue weighted by molar-refractivity contribution is 0.286. The first-order chi connectivity index (χ1) is 7.24. The van der Waals surface area contributed by atoms with Crippen LogP contribution in [0.3, 0.4) is 0 Å². The van der Waals surface area contributed by atoms with Crippen molar-refractivity contribution in [3.05, 3.63) is 29.8 Å². The lowest BCUT2D eigenvalue weighted by Crippen LogP contribution is -2.48. The van der Waals surface area contributed by atoms with Crippen LogP contribution in [0, 0.1) is 0 Å². The Hall–Kier alpha value is -1.02. The lowest BCUT2D eigenvalue weighted by atomic mass is 9.91. The molecular weight excluding hydrogens is 198 g/mol. The number of hydrogen-bond acceptors (Lipinski definition) is 2. The number of hydrogen-bond donors (Lipinski definition) is 1. The van der Waals surface area contributed by atoms with Gasteiger partial charge in [-0.3, -0.25) is 0 Å². The molecule has 0 saturated heterocycles. The van der Waals surface area contributed by atoms with E-state index in [0.717, 1.165) is 5.75 Å². The van der Waals surface area contributed by atoms with Gasteiger partial charge in [-0.05, 0) is 52.3 Å². The molecule has 0 atom stereocenters. The molecule has 0 unspecified atom stereocenters. The Balaban J connectivity index is 2.89. The van der Waals surface area contributed by atoms with Gasteiger partial charge in [0.2, 0.25) is 0 Å². The monoisotopic (exact) mass is 221 g/mol. The van der Waals surface area contributed by atoms with E-state index in [1.165, 1.54) is 5.56 Å². The topological polar surface area (TPSA) is 21.3 Å². The predicted molar refractivity (Wildman–Crippen MR) is 68.9 cm³/mol. The van der Waals surface area contributed by atoms with E-state index in [1.807, 2.05) is 12.1 Å². The summed E-state index contributed by atoms with van der Waals surface area (Å²) in [6.07, 6.45) is 0. The Kier molecular flexibility index (Phi) is 3.64. The van der Waals surface area contributed by atoms with E-state index in [4.69, 9.17) is 4.74 Å². The van der Waals surface area contributed by atoms with Gasteiger partial charge < -0.3 is 10.1 Å². The van der Waals surface area contributed by atoms with Crippen LogP contribution in [0.25, 0.3) is 0 Å². The molecule has 16 heavy (non-hydrogen) atoms. The Morgan fingerprint density at radius 3 is 1.81 bits per heavy atom. The molecule has 1 aromatic carbocycles. The zero-order valence-corrected chi connectivity index (χ0v) is 11.2. The maximum absolute atomic E-state index is 5.16. The molecule has 0 aliphatic carbocycles. The van der Waals surface area contributed by atoms with Gasteiger partial charge in [-0.25, -0.2) is 0 Å². The van der Waals surface area contributed by atoms with Crippen molar-refractivity contribution in [2.45, 2.75) is 45.7 Å². The summed E-state index contributed by atoms with van der Waals surface area (Å²) in [4.78, 5) is 0. The maximum atomic E-state index is 5.16. The normalized spacial score (nSPS) is 12.6. The summed E-state index contributed by atoms with van der Waals surface area (Å²) < 4.78 is 5.16. The highest BCUT2D eigenvalue weighted by atomic mass is 16.5. The van der Waals surface area contributed by atoms with E-state index in [-0.39, 0.29) is 11.1 Å². The fourth-order valence-corrected chi connectivity index (χ4v) is 2.02. The van der Waals surface area contributed by atoms with Crippen molar-refractivity contribution in [2.75, 3.05) is 7.11 Å². The van der Waals surface area contributed by atoms with Gasteiger partial charge in [0.25, 0.3) is 0 Å². The quantitative estimate of drug-likeness (QED) is 0.845. The molecule has 0 aliphatic rings. The molecule has 0 spiro atoms. The third-order valence-corrected chi connectivity index (χ3v) is 2.50. The second kappa shape index (κ2) is 4.46. The zero-order valence-electron chi connectivity index (χ0n) is 11.2. The highest BCUT2D eigenvalue weighted by molar-refractivity contribution is 5.31. The second-order valence-corrected chi connectivity index (χ2v) is 5.73. The summed E-state index contributed by atoms with van der Waals surface area (Å²) in [5.41, 5.74) is 1.33. The molecule has 0 heterocycles. The minimum atomic E-state index is -0.0372. The van der Waals surface area contributed by atoms with Gasteiger partial charge in [0.1, 0.15) is 5.75 Å². The summed E-state index contributed by atoms with van der Waals surface area (Å²) in [5, 5.41) is 3.61. The fourth-order valence-electron chi connectivity index (χ4n) is 2.02. The fraction of sp³-hybridized carbons (Fsp3) is 0.571. The number of benzene rings is 1. The molecule has 2 nitrogen and oxygen atoms in total. The number of nitrogens with one attached hydrogen (secondary N) is 1. The molecule has 0 bridgehead atoms. The van der Waals surface area contributed by atoms with E-state index in [9.17, 15) is 0 Å². The Labute approximate surface area is 99.0 Å². The van der Waals surface area contributed by atoms with Crippen molar-refractivity contribution in [1.82, 2.24) is 5.32 Å². The largest absolute Gasteiger partial charge is 0.497 e. The highest BCUT2D eigenvalue weighted by Crippen LogP contribution is 2.25. The first-order valence-electron chi connectivity index (χ1n) is 5.68. The standard InChI is InChI=1S/C14H23NO/c1-13(2,3)15-14(4,5)11-7-9-12(16-6)10-8-11/h7-10,15H,1-6H3. The highest BCUT2D eigenvalue weighted by Gasteiger charge is 2.25. The van der Waals surface area contributed by atoms with Crippen LogP contribution >= 0.6 is 0 Å². The van der Waals surface area contributed by atoms with Gasteiger partial charge in [-0.1, -0.05) is 12.1 Å². The van der Waals surface area contributed by atoms with E-state index < -0.39 is 0 Å². The van der Waals surface area contributed by atoms with E-state index in [2.05, 4.69) is 52.1 Å². The predicted octanol–water partition coefficient (Wildman–Crippen LogP) is 3.32. The molecular formula is C14H23NO. The van der Waals surface area contributed by atoms with Gasteiger partial charge in [0.05, 0.1) is 7.11 Å². The van der Waals surface area contributed by atoms with Gasteiger partial charge in [-0.15, -0.1) is 0 Å². The Morgan fingerprint density at radius 1 is 0.938 bits per heavy atom. The van der Waals surface area contributed by atoms with Crippen molar-refractivity contribution in [3.8, 4) is 5.75 Å². The first-order valence-corrected chi connectivity index (χ1v) is 5.68. The third-order valence-electron chi connectivity index (χ3n) is 2.50. The molecule has 0 fully saturated rings. The van der Waals surface area contributed by atoms with Gasteiger partial charge >= 0.3 is 0 Å². The summed E-state index contributed by atoms with van der Waals surface area (Å²) in [5.74, 6) is 0.898. The Bertz CT molecular complexity index is 333. The molecule has 0 aromatic heterocycles.